The maximum Gasteiger partial charge on any atom is 0.130 e. The van der Waals surface area contributed by atoms with Crippen LogP contribution in [0.1, 0.15) is 68.0 Å². The van der Waals surface area contributed by atoms with Crippen molar-refractivity contribution in [2.45, 2.75) is 57.4 Å². The summed E-state index contributed by atoms with van der Waals surface area (Å²) in [6.45, 7) is 11.7. The largest absolute Gasteiger partial charge is 0.388 e. The van der Waals surface area contributed by atoms with Gasteiger partial charge in [-0.25, -0.2) is 0 Å². The van der Waals surface area contributed by atoms with Gasteiger partial charge in [0.05, 0.1) is 23.2 Å². The first-order valence-electron chi connectivity index (χ1n) is 11.1. The summed E-state index contributed by atoms with van der Waals surface area (Å²) in [5.41, 5.74) is 9.88. The predicted molar refractivity (Wildman–Crippen MR) is 138 cm³/mol. The maximum atomic E-state index is 12.4. The second-order valence-corrected chi connectivity index (χ2v) is 9.78. The summed E-state index contributed by atoms with van der Waals surface area (Å²) in [4.78, 5) is 18.2. The quantitative estimate of drug-likeness (QED) is 0.204. The lowest BCUT2D eigenvalue weighted by Gasteiger charge is -2.31. The molecule has 5 heteroatoms. The Labute approximate surface area is 200 Å². The highest BCUT2D eigenvalue weighted by Gasteiger charge is 2.45. The SMILES string of the molecule is C=C/C(=C\C(C)=C/C)c1csc(C(C)(N=C(C)N)C(C=O)c2ccc(C3(C#N)CC3)cc2)c1. The van der Waals surface area contributed by atoms with Crippen molar-refractivity contribution < 1.29 is 4.79 Å². The lowest BCUT2D eigenvalue weighted by molar-refractivity contribution is -0.110. The Kier molecular flexibility index (Phi) is 7.19. The minimum absolute atomic E-state index is 0.356. The number of thiophene rings is 1. The van der Waals surface area contributed by atoms with Gasteiger partial charge >= 0.3 is 0 Å². The second-order valence-electron chi connectivity index (χ2n) is 8.87. The standard InChI is InChI=1S/C28H31N3OS/c1-6-19(3)14-21(7-2)23-15-26(33-17-23)27(5,31-20(4)30)25(16-32)22-8-10-24(11-9-22)28(18-29)12-13-28/h6-11,14-17,25H,2,12-13H2,1,3-5H3,(H2,30,31)/b19-6-,21-14+. The molecule has 1 heterocycles. The van der Waals surface area contributed by atoms with Crippen molar-refractivity contribution in [2.24, 2.45) is 10.7 Å². The lowest BCUT2D eigenvalue weighted by atomic mass is 9.79. The zero-order chi connectivity index (χ0) is 24.2. The lowest BCUT2D eigenvalue weighted by Crippen LogP contribution is -2.31. The van der Waals surface area contributed by atoms with Gasteiger partial charge in [0.15, 0.2) is 0 Å². The molecule has 1 aliphatic rings. The molecule has 2 N–H and O–H groups in total. The van der Waals surface area contributed by atoms with Gasteiger partial charge in [0.2, 0.25) is 0 Å². The van der Waals surface area contributed by atoms with E-state index in [4.69, 9.17) is 10.7 Å². The molecule has 0 bridgehead atoms. The Morgan fingerprint density at radius 2 is 2.00 bits per heavy atom. The van der Waals surface area contributed by atoms with Gasteiger partial charge in [-0.3, -0.25) is 4.99 Å². The Bertz CT molecular complexity index is 1170. The number of hydrogen-bond acceptors (Lipinski definition) is 4. The number of hydrogen-bond donors (Lipinski definition) is 1. The van der Waals surface area contributed by atoms with Crippen LogP contribution in [0.15, 0.2) is 71.1 Å². The van der Waals surface area contributed by atoms with Gasteiger partial charge in [-0.15, -0.1) is 11.3 Å². The summed E-state index contributed by atoms with van der Waals surface area (Å²) in [6, 6.07) is 12.3. The Hall–Kier alpha value is -3.23. The molecule has 0 aliphatic heterocycles. The van der Waals surface area contributed by atoms with Gasteiger partial charge in [-0.05, 0) is 74.2 Å². The highest BCUT2D eigenvalue weighted by Crippen LogP contribution is 2.48. The van der Waals surface area contributed by atoms with Crippen molar-refractivity contribution >= 4 is 29.0 Å². The van der Waals surface area contributed by atoms with Crippen LogP contribution in [0.2, 0.25) is 0 Å². The zero-order valence-electron chi connectivity index (χ0n) is 19.8. The van der Waals surface area contributed by atoms with Crippen LogP contribution in [0.5, 0.6) is 0 Å². The molecule has 2 aromatic rings. The fourth-order valence-electron chi connectivity index (χ4n) is 4.12. The first kappa shape index (κ1) is 24.4. The molecule has 0 radical (unpaired) electrons. The van der Waals surface area contributed by atoms with Crippen LogP contribution in [-0.2, 0) is 15.7 Å². The molecule has 0 amide bonds. The van der Waals surface area contributed by atoms with E-state index in [9.17, 15) is 10.1 Å². The number of aldehydes is 1. The topological polar surface area (TPSA) is 79.2 Å². The van der Waals surface area contributed by atoms with Crippen LogP contribution in [0.4, 0.5) is 0 Å². The average Bonchev–Trinajstić information content (AvgIpc) is 3.45. The number of benzene rings is 1. The molecule has 2 unspecified atom stereocenters. The average molecular weight is 458 g/mol. The molecule has 3 rings (SSSR count). The molecule has 170 valence electrons. The van der Waals surface area contributed by atoms with Crippen molar-refractivity contribution in [1.82, 2.24) is 0 Å². The van der Waals surface area contributed by atoms with Gasteiger partial charge < -0.3 is 10.5 Å². The molecular formula is C28H31N3OS. The van der Waals surface area contributed by atoms with Gasteiger partial charge in [0.1, 0.15) is 11.8 Å². The molecule has 1 aromatic carbocycles. The summed E-state index contributed by atoms with van der Waals surface area (Å²) in [5.74, 6) is -0.108. The maximum absolute atomic E-state index is 12.4. The third kappa shape index (κ3) is 4.91. The highest BCUT2D eigenvalue weighted by molar-refractivity contribution is 7.10. The van der Waals surface area contributed by atoms with Crippen LogP contribution in [0.3, 0.4) is 0 Å². The summed E-state index contributed by atoms with van der Waals surface area (Å²) in [6.07, 6.45) is 8.70. The summed E-state index contributed by atoms with van der Waals surface area (Å²) in [5, 5.41) is 11.6. The zero-order valence-corrected chi connectivity index (χ0v) is 20.6. The number of nitrogens with two attached hydrogens (primary N) is 1. The van der Waals surface area contributed by atoms with Gasteiger partial charge in [-0.2, -0.15) is 5.26 Å². The van der Waals surface area contributed by atoms with Crippen LogP contribution in [-0.4, -0.2) is 12.1 Å². The van der Waals surface area contributed by atoms with Gasteiger partial charge in [-0.1, -0.05) is 54.6 Å². The molecule has 1 aromatic heterocycles. The third-order valence-corrected chi connectivity index (χ3v) is 7.58. The fraction of sp³-hybridized carbons (Fsp3) is 0.321. The van der Waals surface area contributed by atoms with E-state index in [2.05, 4.69) is 30.2 Å². The molecular weight excluding hydrogens is 426 g/mol. The van der Waals surface area contributed by atoms with Crippen LogP contribution in [0, 0.1) is 11.3 Å². The second kappa shape index (κ2) is 9.72. The number of nitriles is 1. The number of carbonyl (C=O) groups is 1. The molecule has 1 aliphatic carbocycles. The van der Waals surface area contributed by atoms with Crippen LogP contribution in [0.25, 0.3) is 5.57 Å². The fourth-order valence-corrected chi connectivity index (χ4v) is 5.19. The van der Waals surface area contributed by atoms with E-state index in [0.717, 1.165) is 51.8 Å². The minimum atomic E-state index is -0.862. The molecule has 4 nitrogen and oxygen atoms in total. The van der Waals surface area contributed by atoms with E-state index >= 15 is 0 Å². The summed E-state index contributed by atoms with van der Waals surface area (Å²) < 4.78 is 0. The van der Waals surface area contributed by atoms with E-state index < -0.39 is 11.5 Å². The summed E-state index contributed by atoms with van der Waals surface area (Å²) in [7, 11) is 0. The van der Waals surface area contributed by atoms with Crippen molar-refractivity contribution in [2.75, 3.05) is 0 Å². The highest BCUT2D eigenvalue weighted by atomic mass is 32.1. The Balaban J connectivity index is 2.05. The number of allylic oxidation sites excluding steroid dienone is 5. The number of rotatable bonds is 9. The first-order valence-corrected chi connectivity index (χ1v) is 12.0. The molecule has 0 spiro atoms. The summed E-state index contributed by atoms with van der Waals surface area (Å²) >= 11 is 1.56. The molecule has 2 atom stereocenters. The van der Waals surface area contributed by atoms with E-state index in [1.165, 1.54) is 0 Å². The monoisotopic (exact) mass is 457 g/mol. The Morgan fingerprint density at radius 1 is 1.33 bits per heavy atom. The van der Waals surface area contributed by atoms with Crippen molar-refractivity contribution in [3.63, 3.8) is 0 Å². The van der Waals surface area contributed by atoms with Crippen molar-refractivity contribution in [1.29, 1.82) is 5.26 Å². The minimum Gasteiger partial charge on any atom is -0.388 e. The predicted octanol–water partition coefficient (Wildman–Crippen LogP) is 6.41. The van der Waals surface area contributed by atoms with Gasteiger partial charge in [0.25, 0.3) is 0 Å². The smallest absolute Gasteiger partial charge is 0.130 e. The number of nitrogens with zero attached hydrogens (tertiary/aromatic N) is 2. The number of aliphatic imine (C=N–C) groups is 1. The first-order chi connectivity index (χ1) is 15.7. The van der Waals surface area contributed by atoms with Crippen LogP contribution >= 0.6 is 11.3 Å². The van der Waals surface area contributed by atoms with E-state index in [-0.39, 0.29) is 5.41 Å². The molecule has 1 fully saturated rings. The van der Waals surface area contributed by atoms with E-state index in [1.807, 2.05) is 57.2 Å². The van der Waals surface area contributed by atoms with E-state index in [0.29, 0.717) is 5.84 Å². The van der Waals surface area contributed by atoms with Crippen molar-refractivity contribution in [3.8, 4) is 6.07 Å². The van der Waals surface area contributed by atoms with Crippen molar-refractivity contribution in [3.05, 3.63) is 87.7 Å². The van der Waals surface area contributed by atoms with E-state index in [1.54, 1.807) is 18.3 Å². The normalized spacial score (nSPS) is 18.7. The molecule has 1 saturated carbocycles. The number of carbonyl (C=O) groups excluding carboxylic acids is 1. The third-order valence-electron chi connectivity index (χ3n) is 6.43. The molecule has 33 heavy (non-hydrogen) atoms. The Morgan fingerprint density at radius 3 is 2.48 bits per heavy atom. The molecule has 0 saturated heterocycles. The van der Waals surface area contributed by atoms with Gasteiger partial charge in [0, 0.05) is 4.88 Å². The van der Waals surface area contributed by atoms with Crippen LogP contribution < -0.4 is 5.73 Å². The number of amidine groups is 1.